The number of carbonyl (C=O) groups excluding carboxylic acids is 1. The van der Waals surface area contributed by atoms with Gasteiger partial charge in [-0.25, -0.2) is 4.98 Å². The van der Waals surface area contributed by atoms with Crippen molar-refractivity contribution in [2.75, 3.05) is 17.7 Å². The van der Waals surface area contributed by atoms with E-state index in [4.69, 9.17) is 44.5 Å². The van der Waals surface area contributed by atoms with Gasteiger partial charge in [0.1, 0.15) is 16.8 Å². The van der Waals surface area contributed by atoms with Gasteiger partial charge in [-0.2, -0.15) is 5.26 Å². The number of amides is 1. The first-order chi connectivity index (χ1) is 17.9. The Morgan fingerprint density at radius 3 is 2.30 bits per heavy atom. The van der Waals surface area contributed by atoms with Gasteiger partial charge in [0.2, 0.25) is 5.91 Å². The van der Waals surface area contributed by atoms with E-state index in [2.05, 4.69) is 11.4 Å². The van der Waals surface area contributed by atoms with Gasteiger partial charge in [0.25, 0.3) is 0 Å². The van der Waals surface area contributed by atoms with E-state index in [1.54, 1.807) is 0 Å². The maximum atomic E-state index is 12.8. The van der Waals surface area contributed by atoms with Crippen molar-refractivity contribution in [2.24, 2.45) is 0 Å². The first-order valence-electron chi connectivity index (χ1n) is 11.2. The average Bonchev–Trinajstić information content (AvgIpc) is 2.90. The van der Waals surface area contributed by atoms with E-state index >= 15 is 0 Å². The molecule has 37 heavy (non-hydrogen) atoms. The monoisotopic (exact) mass is 567 g/mol. The third kappa shape index (κ3) is 6.57. The van der Waals surface area contributed by atoms with Crippen LogP contribution in [0.4, 0.5) is 5.69 Å². The van der Waals surface area contributed by atoms with Crippen LogP contribution >= 0.6 is 46.6 Å². The molecule has 0 aliphatic rings. The normalized spacial score (nSPS) is 10.6. The number of nitriles is 1. The highest BCUT2D eigenvalue weighted by molar-refractivity contribution is 8.00. The quantitative estimate of drug-likeness (QED) is 0.216. The lowest BCUT2D eigenvalue weighted by molar-refractivity contribution is -0.113. The molecule has 0 atom stereocenters. The third-order valence-electron chi connectivity index (χ3n) is 5.26. The average molecular weight is 569 g/mol. The zero-order valence-electron chi connectivity index (χ0n) is 19.6. The number of aromatic nitrogens is 1. The van der Waals surface area contributed by atoms with Crippen LogP contribution in [0.15, 0.2) is 77.8 Å². The van der Waals surface area contributed by atoms with Gasteiger partial charge in [0.05, 0.1) is 39.3 Å². The molecular formula is C28H20Cl3N3O2S. The number of benzene rings is 3. The molecule has 186 valence electrons. The van der Waals surface area contributed by atoms with E-state index in [1.807, 2.05) is 67.6 Å². The SMILES string of the molecule is CCOc1ccc(-c2cc(-c3ccccc3)c(C#N)c(SCC(=O)Nc3c(Cl)cc(Cl)cc3Cl)n2)cc1. The molecule has 0 aliphatic heterocycles. The standard InChI is InChI=1S/C28H20Cl3N3O2S/c1-2-36-20-10-8-18(9-11-20)25-14-21(17-6-4-3-5-7-17)22(15-32)28(33-25)37-16-26(35)34-27-23(30)12-19(29)13-24(27)31/h3-14H,2,16H2,1H3,(H,34,35). The third-order valence-corrected chi connectivity index (χ3v) is 7.04. The summed E-state index contributed by atoms with van der Waals surface area (Å²) in [5, 5.41) is 14.0. The fraction of sp³-hybridized carbons (Fsp3) is 0.107. The molecule has 0 unspecified atom stereocenters. The van der Waals surface area contributed by atoms with Gasteiger partial charge in [0, 0.05) is 16.1 Å². The maximum absolute atomic E-state index is 12.8. The van der Waals surface area contributed by atoms with Crippen LogP contribution in [0, 0.1) is 11.3 Å². The zero-order valence-corrected chi connectivity index (χ0v) is 22.7. The lowest BCUT2D eigenvalue weighted by Crippen LogP contribution is -2.15. The highest BCUT2D eigenvalue weighted by atomic mass is 35.5. The maximum Gasteiger partial charge on any atom is 0.234 e. The van der Waals surface area contributed by atoms with Crippen LogP contribution in [0.3, 0.4) is 0 Å². The van der Waals surface area contributed by atoms with Crippen LogP contribution in [0.5, 0.6) is 5.75 Å². The minimum absolute atomic E-state index is 0.0159. The molecule has 0 bridgehead atoms. The Labute approximate surface area is 234 Å². The summed E-state index contributed by atoms with van der Waals surface area (Å²) in [6.07, 6.45) is 0. The molecule has 1 N–H and O–H groups in total. The molecule has 5 nitrogen and oxygen atoms in total. The number of hydrogen-bond acceptors (Lipinski definition) is 5. The summed E-state index contributed by atoms with van der Waals surface area (Å²) in [6.45, 7) is 2.50. The summed E-state index contributed by atoms with van der Waals surface area (Å²) in [5.74, 6) is 0.390. The van der Waals surface area contributed by atoms with Gasteiger partial charge in [-0.1, -0.05) is 76.9 Å². The summed E-state index contributed by atoms with van der Waals surface area (Å²) in [4.78, 5) is 17.5. The van der Waals surface area contributed by atoms with Crippen LogP contribution in [0.25, 0.3) is 22.4 Å². The molecule has 1 aromatic heterocycles. The number of pyridine rings is 1. The minimum Gasteiger partial charge on any atom is -0.494 e. The van der Waals surface area contributed by atoms with Gasteiger partial charge in [0.15, 0.2) is 0 Å². The molecule has 4 aromatic rings. The molecule has 0 fully saturated rings. The molecule has 0 aliphatic carbocycles. The van der Waals surface area contributed by atoms with Crippen molar-refractivity contribution in [3.8, 4) is 34.2 Å². The van der Waals surface area contributed by atoms with E-state index in [9.17, 15) is 10.1 Å². The Hall–Kier alpha value is -3.21. The number of ether oxygens (including phenoxy) is 1. The molecule has 1 amide bonds. The largest absolute Gasteiger partial charge is 0.494 e. The van der Waals surface area contributed by atoms with Crippen molar-refractivity contribution in [3.05, 3.63) is 93.4 Å². The van der Waals surface area contributed by atoms with E-state index < -0.39 is 0 Å². The fourth-order valence-corrected chi connectivity index (χ4v) is 5.30. The highest BCUT2D eigenvalue weighted by Crippen LogP contribution is 2.36. The van der Waals surface area contributed by atoms with Crippen molar-refractivity contribution in [1.82, 2.24) is 4.98 Å². The Kier molecular flexibility index (Phi) is 8.96. The number of rotatable bonds is 8. The number of nitrogens with one attached hydrogen (secondary N) is 1. The second-order valence-electron chi connectivity index (χ2n) is 7.75. The van der Waals surface area contributed by atoms with Gasteiger partial charge >= 0.3 is 0 Å². The number of halogens is 3. The molecule has 0 spiro atoms. The molecular weight excluding hydrogens is 549 g/mol. The summed E-state index contributed by atoms with van der Waals surface area (Å²) in [6, 6.07) is 24.3. The number of anilines is 1. The minimum atomic E-state index is -0.352. The second-order valence-corrected chi connectivity index (χ2v) is 9.97. The predicted molar refractivity (Wildman–Crippen MR) is 152 cm³/mol. The molecule has 4 rings (SSSR count). The topological polar surface area (TPSA) is 75.0 Å². The van der Waals surface area contributed by atoms with Crippen LogP contribution in [0.1, 0.15) is 12.5 Å². The van der Waals surface area contributed by atoms with Gasteiger partial charge < -0.3 is 10.1 Å². The Bertz CT molecular complexity index is 1450. The number of carbonyl (C=O) groups is 1. The molecule has 1 heterocycles. The van der Waals surface area contributed by atoms with Crippen molar-refractivity contribution < 1.29 is 9.53 Å². The second kappa shape index (κ2) is 12.4. The van der Waals surface area contributed by atoms with Crippen molar-refractivity contribution in [2.45, 2.75) is 11.9 Å². The van der Waals surface area contributed by atoms with Crippen molar-refractivity contribution in [3.63, 3.8) is 0 Å². The molecule has 0 saturated carbocycles. The summed E-state index contributed by atoms with van der Waals surface area (Å²) < 4.78 is 5.55. The molecule has 0 saturated heterocycles. The van der Waals surface area contributed by atoms with Crippen LogP contribution in [0.2, 0.25) is 15.1 Å². The van der Waals surface area contributed by atoms with E-state index in [0.29, 0.717) is 27.9 Å². The van der Waals surface area contributed by atoms with Crippen molar-refractivity contribution >= 4 is 58.2 Å². The lowest BCUT2D eigenvalue weighted by Gasteiger charge is -2.13. The van der Waals surface area contributed by atoms with Crippen molar-refractivity contribution in [1.29, 1.82) is 5.26 Å². The molecule has 0 radical (unpaired) electrons. The first-order valence-corrected chi connectivity index (χ1v) is 13.3. The zero-order chi connectivity index (χ0) is 26.4. The van der Waals surface area contributed by atoms with Gasteiger partial charge in [-0.15, -0.1) is 0 Å². The Morgan fingerprint density at radius 2 is 1.68 bits per heavy atom. The summed E-state index contributed by atoms with van der Waals surface area (Å²) in [5.41, 5.74) is 3.80. The van der Waals surface area contributed by atoms with E-state index in [-0.39, 0.29) is 27.4 Å². The summed E-state index contributed by atoms with van der Waals surface area (Å²) >= 11 is 19.5. The number of hydrogen-bond donors (Lipinski definition) is 1. The van der Waals surface area contributed by atoms with Gasteiger partial charge in [-0.05, 0) is 55.0 Å². The van der Waals surface area contributed by atoms with Gasteiger partial charge in [-0.3, -0.25) is 4.79 Å². The number of nitrogens with zero attached hydrogens (tertiary/aromatic N) is 2. The van der Waals surface area contributed by atoms with E-state index in [0.717, 1.165) is 34.2 Å². The molecule has 9 heteroatoms. The first kappa shape index (κ1) is 26.8. The predicted octanol–water partition coefficient (Wildman–Crippen LogP) is 8.38. The fourth-order valence-electron chi connectivity index (χ4n) is 3.59. The van der Waals surface area contributed by atoms with Crippen LogP contribution < -0.4 is 10.1 Å². The van der Waals surface area contributed by atoms with E-state index in [1.165, 1.54) is 12.1 Å². The van der Waals surface area contributed by atoms with Crippen LogP contribution in [-0.4, -0.2) is 23.3 Å². The summed E-state index contributed by atoms with van der Waals surface area (Å²) in [7, 11) is 0. The Morgan fingerprint density at radius 1 is 1.00 bits per heavy atom. The molecule has 3 aromatic carbocycles. The Balaban J connectivity index is 1.67. The van der Waals surface area contributed by atoms with Crippen LogP contribution in [-0.2, 0) is 4.79 Å². The smallest absolute Gasteiger partial charge is 0.234 e. The lowest BCUT2D eigenvalue weighted by atomic mass is 9.99. The highest BCUT2D eigenvalue weighted by Gasteiger charge is 2.18. The number of thioether (sulfide) groups is 1.